The van der Waals surface area contributed by atoms with Crippen molar-refractivity contribution in [2.45, 2.75) is 34.1 Å². The van der Waals surface area contributed by atoms with Gasteiger partial charge in [-0.25, -0.2) is 17.2 Å². The van der Waals surface area contributed by atoms with Crippen LogP contribution in [0.15, 0.2) is 53.4 Å². The molecule has 1 aliphatic heterocycles. The number of sulfone groups is 1. The molecule has 0 unspecified atom stereocenters. The van der Waals surface area contributed by atoms with Crippen molar-refractivity contribution in [2.75, 3.05) is 13.1 Å². The van der Waals surface area contributed by atoms with Gasteiger partial charge in [0.05, 0.1) is 15.7 Å². The fraction of sp³-hybridized carbons (Fsp3) is 0.517. The molecule has 6 nitrogen and oxygen atoms in total. The lowest BCUT2D eigenvalue weighted by Crippen LogP contribution is -3.12. The number of hydrogen-bond acceptors (Lipinski definition) is 4. The molecular weight excluding hydrogens is 626 g/mol. The number of halogens is 8. The summed E-state index contributed by atoms with van der Waals surface area (Å²) < 4.78 is 135. The van der Waals surface area contributed by atoms with Gasteiger partial charge in [-0.3, -0.25) is 9.59 Å². The van der Waals surface area contributed by atoms with Gasteiger partial charge in [0.1, 0.15) is 10.6 Å². The number of carbonyl (C=O) groups excluding carboxylic acids is 1. The molecule has 15 heteroatoms. The van der Waals surface area contributed by atoms with Crippen LogP contribution in [-0.4, -0.2) is 55.7 Å². The summed E-state index contributed by atoms with van der Waals surface area (Å²) in [7, 11) is -4.57. The number of nitrogens with zero attached hydrogens (tertiary/aromatic N) is 1. The number of rotatable bonds is 6. The van der Waals surface area contributed by atoms with Gasteiger partial charge in [0, 0.05) is 18.7 Å². The van der Waals surface area contributed by atoms with Crippen LogP contribution in [-0.2, 0) is 29.8 Å². The maximum atomic E-state index is 14.7. The highest BCUT2D eigenvalue weighted by atomic mass is 32.2. The van der Waals surface area contributed by atoms with E-state index in [-0.39, 0.29) is 77.0 Å². The lowest BCUT2D eigenvalue weighted by Gasteiger charge is -3.09. The third-order valence-electron chi connectivity index (χ3n) is 12.1. The molecule has 6 aliphatic carbocycles. The standard InChI is InChI=1S/C29H21F8NO5S/c30-14-5-7-15(8-6-14)44(42,43)24(12-1-3-13(4-2-12)27(31,28(32,33)34)29(35,36)37)9-10-38(11-24)22(39)25-16-19-17(25)21-18(25)20(16)26(19,21)23(40)41/h1-8,16-21H,9-11H2,(H,40,41)/t16?,17?,18?,19?,20?,21?,24-,25?,26?/m0/s1. The van der Waals surface area contributed by atoms with E-state index in [0.717, 1.165) is 24.3 Å². The van der Waals surface area contributed by atoms with E-state index in [1.807, 2.05) is 0 Å². The third kappa shape index (κ3) is 2.50. The summed E-state index contributed by atoms with van der Waals surface area (Å²) in [5.41, 5.74) is -9.28. The van der Waals surface area contributed by atoms with Crippen molar-refractivity contribution in [3.63, 3.8) is 0 Å². The van der Waals surface area contributed by atoms with Crippen molar-refractivity contribution in [1.82, 2.24) is 4.90 Å². The van der Waals surface area contributed by atoms with Crippen LogP contribution in [0.4, 0.5) is 35.1 Å². The molecule has 7 fully saturated rings. The molecule has 1 N–H and O–H groups in total. The minimum absolute atomic E-state index is 0.0879. The Morgan fingerprint density at radius 3 is 1.70 bits per heavy atom. The Bertz CT molecular complexity index is 1700. The summed E-state index contributed by atoms with van der Waals surface area (Å²) in [5, 5.41) is 9.73. The van der Waals surface area contributed by atoms with Crippen LogP contribution in [0.5, 0.6) is 0 Å². The molecule has 1 saturated heterocycles. The number of amides is 1. The van der Waals surface area contributed by atoms with E-state index in [0.29, 0.717) is 12.1 Å². The van der Waals surface area contributed by atoms with Crippen molar-refractivity contribution in [3.8, 4) is 0 Å². The first-order valence-electron chi connectivity index (χ1n) is 13.8. The van der Waals surface area contributed by atoms with E-state index in [9.17, 15) is 58.2 Å². The maximum Gasteiger partial charge on any atom is 0.435 e. The molecule has 6 saturated carbocycles. The van der Waals surface area contributed by atoms with Crippen molar-refractivity contribution >= 4 is 21.7 Å². The zero-order valence-corrected chi connectivity index (χ0v) is 23.0. The van der Waals surface area contributed by atoms with Gasteiger partial charge in [0.2, 0.25) is 5.91 Å². The number of carbonyl (C=O) groups is 2. The Hall–Kier alpha value is -3.23. The predicted molar refractivity (Wildman–Crippen MR) is 131 cm³/mol. The van der Waals surface area contributed by atoms with E-state index < -0.39 is 67.3 Å². The van der Waals surface area contributed by atoms with Crippen LogP contribution in [0.1, 0.15) is 17.5 Å². The van der Waals surface area contributed by atoms with Gasteiger partial charge >= 0.3 is 24.0 Å². The zero-order valence-electron chi connectivity index (χ0n) is 22.2. The second-order valence-corrected chi connectivity index (χ2v) is 15.2. The van der Waals surface area contributed by atoms with Crippen molar-refractivity contribution < 1.29 is 58.2 Å². The Morgan fingerprint density at radius 2 is 1.25 bits per heavy atom. The quantitative estimate of drug-likeness (QED) is 0.358. The second kappa shape index (κ2) is 7.59. The summed E-state index contributed by atoms with van der Waals surface area (Å²) >= 11 is 0. The number of benzene rings is 2. The Balaban J connectivity index is 1.16. The molecular formula is C29H21F8NO5S. The van der Waals surface area contributed by atoms with E-state index in [2.05, 4.69) is 0 Å². The Kier molecular flexibility index (Phi) is 4.87. The lowest BCUT2D eigenvalue weighted by atomic mass is 8.92. The molecule has 0 radical (unpaired) electrons. The van der Waals surface area contributed by atoms with E-state index in [4.69, 9.17) is 0 Å². The molecule has 1 atom stereocenters. The normalized spacial score (nSPS) is 39.3. The molecule has 0 spiro atoms. The third-order valence-corrected chi connectivity index (χ3v) is 14.6. The molecule has 234 valence electrons. The summed E-state index contributed by atoms with van der Waals surface area (Å²) in [5.74, 6) is -2.51. The minimum atomic E-state index is -6.37. The smallest absolute Gasteiger partial charge is 0.435 e. The molecule has 2 aromatic rings. The van der Waals surface area contributed by atoms with Crippen LogP contribution < -0.4 is 0 Å². The van der Waals surface area contributed by atoms with E-state index in [1.54, 1.807) is 0 Å². The molecule has 2 aromatic carbocycles. The largest absolute Gasteiger partial charge is 0.481 e. The summed E-state index contributed by atoms with van der Waals surface area (Å²) in [6, 6.07) is 5.55. The highest BCUT2D eigenvalue weighted by Gasteiger charge is 3.13. The summed E-state index contributed by atoms with van der Waals surface area (Å²) in [6.07, 6.45) is -13.0. The van der Waals surface area contributed by atoms with Gasteiger partial charge < -0.3 is 10.0 Å². The summed E-state index contributed by atoms with van der Waals surface area (Å²) in [6.45, 7) is -0.612. The van der Waals surface area contributed by atoms with Crippen LogP contribution in [0.25, 0.3) is 0 Å². The Labute approximate surface area is 243 Å². The lowest BCUT2D eigenvalue weighted by molar-refractivity contribution is -0.627. The predicted octanol–water partition coefficient (Wildman–Crippen LogP) is 4.84. The maximum absolute atomic E-state index is 14.7. The molecule has 9 rings (SSSR count). The average Bonchev–Trinajstić information content (AvgIpc) is 3.42. The van der Waals surface area contributed by atoms with Crippen LogP contribution >= 0.6 is 0 Å². The Morgan fingerprint density at radius 1 is 0.773 bits per heavy atom. The number of carboxylic acids is 1. The van der Waals surface area contributed by atoms with Gasteiger partial charge in [-0.1, -0.05) is 24.3 Å². The van der Waals surface area contributed by atoms with Crippen molar-refractivity contribution in [3.05, 3.63) is 65.5 Å². The topological polar surface area (TPSA) is 91.8 Å². The highest BCUT2D eigenvalue weighted by Crippen LogP contribution is 3.10. The fourth-order valence-electron chi connectivity index (χ4n) is 10.6. The molecule has 1 amide bonds. The number of hydrogen-bond donors (Lipinski definition) is 1. The fourth-order valence-corrected chi connectivity index (χ4v) is 12.6. The van der Waals surface area contributed by atoms with Gasteiger partial charge in [-0.15, -0.1) is 0 Å². The first-order chi connectivity index (χ1) is 20.4. The number of aliphatic carboxylic acids is 1. The number of carboxylic acid groups (broad SMARTS) is 1. The van der Waals surface area contributed by atoms with E-state index >= 15 is 0 Å². The first-order valence-corrected chi connectivity index (χ1v) is 15.3. The molecule has 0 aromatic heterocycles. The number of alkyl halides is 7. The van der Waals surface area contributed by atoms with Gasteiger partial charge in [-0.05, 0) is 71.8 Å². The summed E-state index contributed by atoms with van der Waals surface area (Å²) in [4.78, 5) is 26.8. The molecule has 7 aliphatic rings. The van der Waals surface area contributed by atoms with Gasteiger partial charge in [0.25, 0.3) is 0 Å². The van der Waals surface area contributed by atoms with E-state index in [1.165, 1.54) is 4.90 Å². The van der Waals surface area contributed by atoms with Crippen LogP contribution in [0.3, 0.4) is 0 Å². The van der Waals surface area contributed by atoms with Gasteiger partial charge in [-0.2, -0.15) is 26.3 Å². The van der Waals surface area contributed by atoms with Crippen LogP contribution in [0.2, 0.25) is 0 Å². The second-order valence-electron chi connectivity index (χ2n) is 13.0. The molecule has 1 heterocycles. The van der Waals surface area contributed by atoms with Crippen molar-refractivity contribution in [2.24, 2.45) is 46.3 Å². The molecule has 0 bridgehead atoms. The van der Waals surface area contributed by atoms with Crippen LogP contribution in [0, 0.1) is 52.2 Å². The minimum Gasteiger partial charge on any atom is -0.481 e. The molecule has 44 heavy (non-hydrogen) atoms. The number of likely N-dealkylation sites (tertiary alicyclic amines) is 1. The van der Waals surface area contributed by atoms with Crippen molar-refractivity contribution in [1.29, 1.82) is 0 Å². The monoisotopic (exact) mass is 647 g/mol. The zero-order chi connectivity index (χ0) is 31.8. The SMILES string of the molecule is O=C(O)C12C3C4C1C1C2C3C41C(=O)N1CC[C@](c2ccc(C(F)(C(F)(F)F)C(F)(F)F)cc2)(S(=O)(=O)c2ccc(F)cc2)C1. The first kappa shape index (κ1) is 28.3. The average molecular weight is 648 g/mol. The van der Waals surface area contributed by atoms with Gasteiger partial charge in [0.15, 0.2) is 9.84 Å². The highest BCUT2D eigenvalue weighted by molar-refractivity contribution is 7.92.